The molecule has 0 bridgehead atoms. The molecule has 0 atom stereocenters. The molecule has 0 aliphatic heterocycles. The van der Waals surface area contributed by atoms with E-state index in [-0.39, 0.29) is 0 Å². The molecule has 2 rings (SSSR count). The van der Waals surface area contributed by atoms with Gasteiger partial charge in [-0.15, -0.1) is 0 Å². The minimum absolute atomic E-state index is 0.378. The minimum atomic E-state index is -0.509. The van der Waals surface area contributed by atoms with Crippen molar-refractivity contribution in [3.63, 3.8) is 0 Å². The number of hydrogen-bond acceptors (Lipinski definition) is 4. The summed E-state index contributed by atoms with van der Waals surface area (Å²) in [6.45, 7) is 5.56. The van der Waals surface area contributed by atoms with Crippen LogP contribution in [-0.2, 0) is 9.47 Å². The first kappa shape index (κ1) is 17.6. The fraction of sp³-hybridized carbons (Fsp3) is 0.611. The Morgan fingerprint density at radius 2 is 1.70 bits per heavy atom. The van der Waals surface area contributed by atoms with E-state index >= 15 is 0 Å². The van der Waals surface area contributed by atoms with Gasteiger partial charge >= 0.3 is 6.09 Å². The second-order valence-corrected chi connectivity index (χ2v) is 7.03. The maximum Gasteiger partial charge on any atom is 0.412 e. The number of carbonyl (C=O) groups excluding carboxylic acids is 1. The first-order chi connectivity index (χ1) is 10.9. The molecule has 2 N–H and O–H groups in total. The fourth-order valence-corrected chi connectivity index (χ4v) is 2.79. The van der Waals surface area contributed by atoms with Gasteiger partial charge in [0.25, 0.3) is 0 Å². The van der Waals surface area contributed by atoms with Gasteiger partial charge in [-0.25, -0.2) is 4.79 Å². The molecular formula is C18H28N2O3. The van der Waals surface area contributed by atoms with Gasteiger partial charge in [0.2, 0.25) is 0 Å². The molecule has 1 aliphatic rings. The van der Waals surface area contributed by atoms with Crippen molar-refractivity contribution in [2.24, 2.45) is 0 Å². The van der Waals surface area contributed by atoms with Crippen LogP contribution in [0.25, 0.3) is 0 Å². The minimum Gasteiger partial charge on any atom is -0.444 e. The van der Waals surface area contributed by atoms with E-state index in [1.165, 1.54) is 0 Å². The van der Waals surface area contributed by atoms with E-state index in [0.29, 0.717) is 12.1 Å². The van der Waals surface area contributed by atoms with Crippen LogP contribution >= 0.6 is 0 Å². The summed E-state index contributed by atoms with van der Waals surface area (Å²) < 4.78 is 10.7. The Balaban J connectivity index is 1.96. The number of hydrogen-bond donors (Lipinski definition) is 2. The number of nitrogens with one attached hydrogen (secondary N) is 2. The first-order valence-electron chi connectivity index (χ1n) is 8.26. The molecule has 128 valence electrons. The van der Waals surface area contributed by atoms with E-state index in [9.17, 15) is 4.79 Å². The van der Waals surface area contributed by atoms with Gasteiger partial charge in [-0.05, 0) is 58.6 Å². The molecule has 0 spiro atoms. The van der Waals surface area contributed by atoms with E-state index in [1.54, 1.807) is 7.11 Å². The quantitative estimate of drug-likeness (QED) is 0.863. The van der Waals surface area contributed by atoms with E-state index in [4.69, 9.17) is 9.47 Å². The van der Waals surface area contributed by atoms with Crippen molar-refractivity contribution >= 4 is 17.5 Å². The predicted molar refractivity (Wildman–Crippen MR) is 93.0 cm³/mol. The zero-order valence-corrected chi connectivity index (χ0v) is 14.5. The van der Waals surface area contributed by atoms with Crippen LogP contribution in [0.3, 0.4) is 0 Å². The lowest BCUT2D eigenvalue weighted by Gasteiger charge is -2.29. The molecule has 1 amide bonds. The second-order valence-electron chi connectivity index (χ2n) is 7.03. The van der Waals surface area contributed by atoms with Gasteiger partial charge in [0.1, 0.15) is 5.60 Å². The summed E-state index contributed by atoms with van der Waals surface area (Å²) in [7, 11) is 1.78. The van der Waals surface area contributed by atoms with Crippen molar-refractivity contribution in [1.29, 1.82) is 0 Å². The smallest absolute Gasteiger partial charge is 0.412 e. The molecule has 0 saturated heterocycles. The van der Waals surface area contributed by atoms with Crippen LogP contribution in [0.1, 0.15) is 46.5 Å². The molecule has 1 fully saturated rings. The predicted octanol–water partition coefficient (Wildman–Crippen LogP) is 4.40. The summed E-state index contributed by atoms with van der Waals surface area (Å²) in [5.74, 6) is 0. The molecular weight excluding hydrogens is 292 g/mol. The lowest BCUT2D eigenvalue weighted by Crippen LogP contribution is -2.30. The third-order valence-corrected chi connectivity index (χ3v) is 3.93. The van der Waals surface area contributed by atoms with Crippen molar-refractivity contribution in [2.75, 3.05) is 17.7 Å². The van der Waals surface area contributed by atoms with Crippen LogP contribution in [0.5, 0.6) is 0 Å². The average molecular weight is 320 g/mol. The maximum atomic E-state index is 12.0. The summed E-state index contributed by atoms with van der Waals surface area (Å²) in [5.41, 5.74) is 1.17. The lowest BCUT2D eigenvalue weighted by molar-refractivity contribution is 0.0636. The summed E-state index contributed by atoms with van der Waals surface area (Å²) in [6, 6.07) is 8.13. The number of para-hydroxylation sites is 2. The maximum absolute atomic E-state index is 12.0. The van der Waals surface area contributed by atoms with E-state index in [2.05, 4.69) is 10.6 Å². The van der Waals surface area contributed by atoms with Crippen molar-refractivity contribution in [3.8, 4) is 0 Å². The monoisotopic (exact) mass is 320 g/mol. The zero-order valence-electron chi connectivity index (χ0n) is 14.5. The molecule has 0 heterocycles. The number of amides is 1. The van der Waals surface area contributed by atoms with Crippen LogP contribution in [0.2, 0.25) is 0 Å². The van der Waals surface area contributed by atoms with Gasteiger partial charge in [0.15, 0.2) is 0 Å². The molecule has 0 aromatic heterocycles. The fourth-order valence-electron chi connectivity index (χ4n) is 2.79. The molecule has 1 aliphatic carbocycles. The van der Waals surface area contributed by atoms with Gasteiger partial charge in [-0.2, -0.15) is 0 Å². The Bertz CT molecular complexity index is 517. The van der Waals surface area contributed by atoms with Gasteiger partial charge in [-0.3, -0.25) is 5.32 Å². The average Bonchev–Trinajstić information content (AvgIpc) is 2.48. The van der Waals surface area contributed by atoms with Crippen LogP contribution < -0.4 is 10.6 Å². The topological polar surface area (TPSA) is 59.6 Å². The summed E-state index contributed by atoms with van der Waals surface area (Å²) in [5, 5.41) is 6.36. The SMILES string of the molecule is COC1CCC(Nc2ccccc2NC(=O)OC(C)(C)C)CC1. The Labute approximate surface area is 138 Å². The summed E-state index contributed by atoms with van der Waals surface area (Å²) in [6.07, 6.45) is 4.21. The van der Waals surface area contributed by atoms with Crippen molar-refractivity contribution < 1.29 is 14.3 Å². The number of anilines is 2. The van der Waals surface area contributed by atoms with Crippen LogP contribution in [0, 0.1) is 0 Å². The Kier molecular flexibility index (Phi) is 5.88. The van der Waals surface area contributed by atoms with Crippen LogP contribution in [0.15, 0.2) is 24.3 Å². The Hall–Kier alpha value is -1.75. The third kappa shape index (κ3) is 5.75. The molecule has 5 heteroatoms. The highest BCUT2D eigenvalue weighted by molar-refractivity contribution is 5.89. The highest BCUT2D eigenvalue weighted by Gasteiger charge is 2.22. The van der Waals surface area contributed by atoms with Crippen molar-refractivity contribution in [2.45, 2.75) is 64.2 Å². The molecule has 1 aromatic rings. The Morgan fingerprint density at radius 1 is 1.09 bits per heavy atom. The molecule has 1 saturated carbocycles. The number of methoxy groups -OCH3 is 1. The lowest BCUT2D eigenvalue weighted by atomic mass is 9.93. The Morgan fingerprint density at radius 3 is 2.26 bits per heavy atom. The number of benzene rings is 1. The van der Waals surface area contributed by atoms with Crippen LogP contribution in [-0.4, -0.2) is 30.9 Å². The second kappa shape index (κ2) is 7.68. The van der Waals surface area contributed by atoms with Crippen molar-refractivity contribution in [1.82, 2.24) is 0 Å². The van der Waals surface area contributed by atoms with E-state index in [0.717, 1.165) is 37.1 Å². The zero-order chi connectivity index (χ0) is 16.9. The highest BCUT2D eigenvalue weighted by atomic mass is 16.6. The number of rotatable bonds is 4. The number of carbonyl (C=O) groups is 1. The van der Waals surface area contributed by atoms with Gasteiger partial charge in [-0.1, -0.05) is 12.1 Å². The molecule has 5 nitrogen and oxygen atoms in total. The highest BCUT2D eigenvalue weighted by Crippen LogP contribution is 2.28. The molecule has 0 unspecified atom stereocenters. The summed E-state index contributed by atoms with van der Waals surface area (Å²) in [4.78, 5) is 12.0. The van der Waals surface area contributed by atoms with Crippen molar-refractivity contribution in [3.05, 3.63) is 24.3 Å². The first-order valence-corrected chi connectivity index (χ1v) is 8.26. The normalized spacial score (nSPS) is 21.6. The van der Waals surface area contributed by atoms with Crippen LogP contribution in [0.4, 0.5) is 16.2 Å². The van der Waals surface area contributed by atoms with Gasteiger partial charge < -0.3 is 14.8 Å². The summed E-state index contributed by atoms with van der Waals surface area (Å²) >= 11 is 0. The van der Waals surface area contributed by atoms with E-state index < -0.39 is 11.7 Å². The standard InChI is InChI=1S/C18H28N2O3/c1-18(2,3)23-17(21)20-16-8-6-5-7-15(16)19-13-9-11-14(22-4)12-10-13/h5-8,13-14,19H,9-12H2,1-4H3,(H,20,21). The number of ether oxygens (including phenoxy) is 2. The van der Waals surface area contributed by atoms with Gasteiger partial charge in [0, 0.05) is 13.2 Å². The van der Waals surface area contributed by atoms with Gasteiger partial charge in [0.05, 0.1) is 17.5 Å². The third-order valence-electron chi connectivity index (χ3n) is 3.93. The largest absolute Gasteiger partial charge is 0.444 e. The molecule has 23 heavy (non-hydrogen) atoms. The molecule has 1 aromatic carbocycles. The molecule has 0 radical (unpaired) electrons. The van der Waals surface area contributed by atoms with E-state index in [1.807, 2.05) is 45.0 Å².